The number of primary amides is 1. The van der Waals surface area contributed by atoms with Crippen molar-refractivity contribution in [2.75, 3.05) is 0 Å². The molecule has 2 amide bonds. The molecule has 18 heavy (non-hydrogen) atoms. The Morgan fingerprint density at radius 3 is 2.11 bits per heavy atom. The normalized spacial score (nSPS) is 15.0. The summed E-state index contributed by atoms with van der Waals surface area (Å²) in [4.78, 5) is 23.8. The molecule has 0 heterocycles. The second-order valence-corrected chi connectivity index (χ2v) is 6.04. The number of hydrogen-bond donors (Lipinski definition) is 2. The molecule has 0 spiro atoms. The molecule has 0 aromatic carbocycles. The lowest BCUT2D eigenvalue weighted by Crippen LogP contribution is -2.49. The van der Waals surface area contributed by atoms with Crippen LogP contribution in [0.4, 0.5) is 0 Å². The maximum Gasteiger partial charge on any atom is 0.224 e. The Morgan fingerprint density at radius 1 is 1.33 bits per heavy atom. The summed E-state index contributed by atoms with van der Waals surface area (Å²) < 4.78 is 0. The average molecular weight is 254 g/mol. The Labute approximate surface area is 110 Å². The Kier molecular flexibility index (Phi) is 6.09. The second kappa shape index (κ2) is 6.57. The molecule has 4 nitrogen and oxygen atoms in total. The van der Waals surface area contributed by atoms with Gasteiger partial charge in [-0.25, -0.2) is 0 Å². The van der Waals surface area contributed by atoms with E-state index in [0.29, 0.717) is 6.42 Å². The molecule has 0 rings (SSSR count). The molecule has 0 aromatic rings. The van der Waals surface area contributed by atoms with Gasteiger partial charge in [0.15, 0.2) is 0 Å². The van der Waals surface area contributed by atoms with E-state index in [0.717, 1.165) is 0 Å². The minimum absolute atomic E-state index is 0.0461. The van der Waals surface area contributed by atoms with Gasteiger partial charge in [0.2, 0.25) is 11.8 Å². The van der Waals surface area contributed by atoms with Crippen LogP contribution in [-0.2, 0) is 9.59 Å². The summed E-state index contributed by atoms with van der Waals surface area (Å²) in [7, 11) is 0. The van der Waals surface area contributed by atoms with Gasteiger partial charge >= 0.3 is 0 Å². The molecule has 4 heteroatoms. The highest BCUT2D eigenvalue weighted by atomic mass is 16.2. The van der Waals surface area contributed by atoms with Gasteiger partial charge in [-0.1, -0.05) is 19.9 Å². The first-order valence-electron chi connectivity index (χ1n) is 6.32. The van der Waals surface area contributed by atoms with E-state index in [-0.39, 0.29) is 17.4 Å². The predicted molar refractivity (Wildman–Crippen MR) is 73.7 cm³/mol. The van der Waals surface area contributed by atoms with Crippen LogP contribution in [0.2, 0.25) is 0 Å². The zero-order valence-corrected chi connectivity index (χ0v) is 12.1. The maximum atomic E-state index is 12.3. The summed E-state index contributed by atoms with van der Waals surface area (Å²) in [6.07, 6.45) is 2.06. The largest absolute Gasteiger partial charge is 0.369 e. The van der Waals surface area contributed by atoms with Crippen molar-refractivity contribution in [1.29, 1.82) is 0 Å². The minimum atomic E-state index is -0.496. The third-order valence-corrected chi connectivity index (χ3v) is 2.74. The SMILES string of the molecule is C=CCC(C(N)=O)[C@H](C(=O)NC(C)(C)C)C(C)C. The van der Waals surface area contributed by atoms with Gasteiger partial charge in [0.05, 0.1) is 11.8 Å². The quantitative estimate of drug-likeness (QED) is 0.710. The van der Waals surface area contributed by atoms with Gasteiger partial charge in [0, 0.05) is 5.54 Å². The van der Waals surface area contributed by atoms with Crippen LogP contribution in [0.3, 0.4) is 0 Å². The lowest BCUT2D eigenvalue weighted by atomic mass is 9.80. The Hall–Kier alpha value is -1.32. The van der Waals surface area contributed by atoms with E-state index in [2.05, 4.69) is 11.9 Å². The van der Waals surface area contributed by atoms with Crippen molar-refractivity contribution in [2.24, 2.45) is 23.5 Å². The van der Waals surface area contributed by atoms with Crippen LogP contribution < -0.4 is 11.1 Å². The van der Waals surface area contributed by atoms with Gasteiger partial charge in [-0.3, -0.25) is 9.59 Å². The number of carbonyl (C=O) groups excluding carboxylic acids is 2. The van der Waals surface area contributed by atoms with Gasteiger partial charge in [-0.05, 0) is 33.1 Å². The molecule has 1 unspecified atom stereocenters. The first kappa shape index (κ1) is 16.7. The van der Waals surface area contributed by atoms with Crippen molar-refractivity contribution in [3.05, 3.63) is 12.7 Å². The molecule has 0 aliphatic carbocycles. The lowest BCUT2D eigenvalue weighted by Gasteiger charge is -2.30. The van der Waals surface area contributed by atoms with Crippen LogP contribution >= 0.6 is 0 Å². The van der Waals surface area contributed by atoms with Crippen LogP contribution in [0, 0.1) is 17.8 Å². The first-order valence-corrected chi connectivity index (χ1v) is 6.32. The number of amides is 2. The fourth-order valence-corrected chi connectivity index (χ4v) is 2.02. The summed E-state index contributed by atoms with van der Waals surface area (Å²) in [5, 5.41) is 2.91. The highest BCUT2D eigenvalue weighted by Crippen LogP contribution is 2.25. The van der Waals surface area contributed by atoms with Crippen molar-refractivity contribution < 1.29 is 9.59 Å². The number of nitrogens with two attached hydrogens (primary N) is 1. The second-order valence-electron chi connectivity index (χ2n) is 6.04. The first-order chi connectivity index (χ1) is 8.10. The lowest BCUT2D eigenvalue weighted by molar-refractivity contribution is -0.136. The monoisotopic (exact) mass is 254 g/mol. The minimum Gasteiger partial charge on any atom is -0.369 e. The number of hydrogen-bond acceptors (Lipinski definition) is 2. The zero-order chi connectivity index (χ0) is 14.5. The van der Waals surface area contributed by atoms with Gasteiger partial charge < -0.3 is 11.1 Å². The molecular weight excluding hydrogens is 228 g/mol. The zero-order valence-electron chi connectivity index (χ0n) is 12.1. The molecule has 0 fully saturated rings. The van der Waals surface area contributed by atoms with Crippen LogP contribution in [0.5, 0.6) is 0 Å². The molecule has 0 saturated carbocycles. The molecule has 3 N–H and O–H groups in total. The highest BCUT2D eigenvalue weighted by Gasteiger charge is 2.35. The smallest absolute Gasteiger partial charge is 0.224 e. The Morgan fingerprint density at radius 2 is 1.83 bits per heavy atom. The third kappa shape index (κ3) is 5.34. The Bertz CT molecular complexity index is 316. The van der Waals surface area contributed by atoms with Gasteiger partial charge in [0.25, 0.3) is 0 Å². The van der Waals surface area contributed by atoms with Crippen molar-refractivity contribution >= 4 is 11.8 Å². The van der Waals surface area contributed by atoms with E-state index >= 15 is 0 Å². The standard InChI is InChI=1S/C14H26N2O2/c1-7-8-10(12(15)17)11(9(2)3)13(18)16-14(4,5)6/h7,9-11H,1,8H2,2-6H3,(H2,15,17)(H,16,18)/t10?,11-/m1/s1. The van der Waals surface area contributed by atoms with E-state index < -0.39 is 17.7 Å². The molecule has 104 valence electrons. The van der Waals surface area contributed by atoms with Gasteiger partial charge in [0.1, 0.15) is 0 Å². The van der Waals surface area contributed by atoms with Gasteiger partial charge in [-0.15, -0.1) is 6.58 Å². The van der Waals surface area contributed by atoms with E-state index in [4.69, 9.17) is 5.73 Å². The summed E-state index contributed by atoms with van der Waals surface area (Å²) in [6.45, 7) is 13.2. The molecule has 0 aliphatic heterocycles. The Balaban J connectivity index is 5.09. The number of carbonyl (C=O) groups is 2. The average Bonchev–Trinajstić information content (AvgIpc) is 2.13. The summed E-state index contributed by atoms with van der Waals surface area (Å²) in [5.41, 5.74) is 5.08. The van der Waals surface area contributed by atoms with Crippen LogP contribution in [0.1, 0.15) is 41.0 Å². The van der Waals surface area contributed by atoms with E-state index in [1.807, 2.05) is 34.6 Å². The number of nitrogens with one attached hydrogen (secondary N) is 1. The van der Waals surface area contributed by atoms with E-state index in [1.54, 1.807) is 6.08 Å². The van der Waals surface area contributed by atoms with E-state index in [1.165, 1.54) is 0 Å². The van der Waals surface area contributed by atoms with E-state index in [9.17, 15) is 9.59 Å². The topological polar surface area (TPSA) is 72.2 Å². The van der Waals surface area contributed by atoms with Crippen LogP contribution in [0.15, 0.2) is 12.7 Å². The fourth-order valence-electron chi connectivity index (χ4n) is 2.02. The van der Waals surface area contributed by atoms with Crippen molar-refractivity contribution in [3.63, 3.8) is 0 Å². The van der Waals surface area contributed by atoms with Crippen LogP contribution in [-0.4, -0.2) is 17.4 Å². The van der Waals surface area contributed by atoms with Gasteiger partial charge in [-0.2, -0.15) is 0 Å². The summed E-state index contributed by atoms with van der Waals surface area (Å²) in [5.74, 6) is -1.44. The number of allylic oxidation sites excluding steroid dienone is 1. The summed E-state index contributed by atoms with van der Waals surface area (Å²) >= 11 is 0. The molecular formula is C14H26N2O2. The molecule has 0 aliphatic rings. The highest BCUT2D eigenvalue weighted by molar-refractivity contribution is 5.87. The molecule has 0 radical (unpaired) electrons. The molecule has 2 atom stereocenters. The molecule has 0 aromatic heterocycles. The third-order valence-electron chi connectivity index (χ3n) is 2.74. The van der Waals surface area contributed by atoms with Crippen molar-refractivity contribution in [2.45, 2.75) is 46.6 Å². The maximum absolute atomic E-state index is 12.3. The number of rotatable bonds is 6. The summed E-state index contributed by atoms with van der Waals surface area (Å²) in [6, 6.07) is 0. The molecule has 0 bridgehead atoms. The molecule has 0 saturated heterocycles. The van der Waals surface area contributed by atoms with Crippen molar-refractivity contribution in [1.82, 2.24) is 5.32 Å². The fraction of sp³-hybridized carbons (Fsp3) is 0.714. The van der Waals surface area contributed by atoms with Crippen LogP contribution in [0.25, 0.3) is 0 Å². The van der Waals surface area contributed by atoms with Crippen molar-refractivity contribution in [3.8, 4) is 0 Å². The predicted octanol–water partition coefficient (Wildman–Crippen LogP) is 1.85.